The lowest BCUT2D eigenvalue weighted by Gasteiger charge is -2.10. The molecule has 0 amide bonds. The Balaban J connectivity index is 2.18. The monoisotopic (exact) mass is 304 g/mol. The van der Waals surface area contributed by atoms with Crippen LogP contribution in [-0.4, -0.2) is 9.55 Å². The molecule has 0 N–H and O–H groups in total. The summed E-state index contributed by atoms with van der Waals surface area (Å²) in [6, 6.07) is 6.36. The van der Waals surface area contributed by atoms with Gasteiger partial charge in [-0.2, -0.15) is 11.3 Å². The summed E-state index contributed by atoms with van der Waals surface area (Å²) >= 11 is 8.06. The normalized spacial score (nSPS) is 13.0. The van der Waals surface area contributed by atoms with E-state index in [2.05, 4.69) is 47.4 Å². The number of hydrogen-bond acceptors (Lipinski definition) is 2. The van der Waals surface area contributed by atoms with Crippen LogP contribution >= 0.6 is 22.9 Å². The minimum Gasteiger partial charge on any atom is -0.322 e. The first-order chi connectivity index (χ1) is 9.56. The number of hydrogen-bond donors (Lipinski definition) is 0. The summed E-state index contributed by atoms with van der Waals surface area (Å²) < 4.78 is 2.25. The van der Waals surface area contributed by atoms with Crippen molar-refractivity contribution < 1.29 is 0 Å². The molecular formula is C16H17ClN2S. The molecule has 4 heteroatoms. The number of thiophene rings is 1. The van der Waals surface area contributed by atoms with Crippen molar-refractivity contribution in [2.45, 2.75) is 32.7 Å². The van der Waals surface area contributed by atoms with Crippen LogP contribution in [0.15, 0.2) is 29.0 Å². The quantitative estimate of drug-likeness (QED) is 0.618. The van der Waals surface area contributed by atoms with Crippen molar-refractivity contribution in [3.8, 4) is 0 Å². The lowest BCUT2D eigenvalue weighted by Crippen LogP contribution is -2.06. The van der Waals surface area contributed by atoms with E-state index in [0.29, 0.717) is 0 Å². The van der Waals surface area contributed by atoms with E-state index in [1.165, 1.54) is 16.7 Å². The molecule has 3 aromatic rings. The highest BCUT2D eigenvalue weighted by atomic mass is 35.5. The largest absolute Gasteiger partial charge is 0.322 e. The Labute approximate surface area is 128 Å². The zero-order valence-electron chi connectivity index (χ0n) is 11.9. The van der Waals surface area contributed by atoms with E-state index < -0.39 is 0 Å². The third-order valence-corrected chi connectivity index (χ3v) is 4.68. The molecule has 0 aliphatic heterocycles. The topological polar surface area (TPSA) is 17.8 Å². The fourth-order valence-corrected chi connectivity index (χ4v) is 3.46. The zero-order chi connectivity index (χ0) is 14.3. The molecular weight excluding hydrogens is 288 g/mol. The number of rotatable bonds is 3. The van der Waals surface area contributed by atoms with E-state index in [0.717, 1.165) is 23.4 Å². The first-order valence-corrected chi connectivity index (χ1v) is 8.06. The molecule has 2 heterocycles. The van der Waals surface area contributed by atoms with E-state index in [-0.39, 0.29) is 5.38 Å². The maximum absolute atomic E-state index is 6.32. The van der Waals surface area contributed by atoms with Gasteiger partial charge in [-0.3, -0.25) is 0 Å². The lowest BCUT2D eigenvalue weighted by atomic mass is 10.2. The third kappa shape index (κ3) is 2.36. The van der Waals surface area contributed by atoms with Crippen LogP contribution in [0.2, 0.25) is 0 Å². The summed E-state index contributed by atoms with van der Waals surface area (Å²) in [5.74, 6) is 0.942. The molecule has 0 saturated carbocycles. The maximum Gasteiger partial charge on any atom is 0.128 e. The molecule has 0 bridgehead atoms. The van der Waals surface area contributed by atoms with Gasteiger partial charge in [-0.15, -0.1) is 11.6 Å². The molecule has 0 fully saturated rings. The summed E-state index contributed by atoms with van der Waals surface area (Å²) in [4.78, 5) is 4.70. The number of nitrogens with zero attached hydrogens (tertiary/aromatic N) is 2. The Morgan fingerprint density at radius 1 is 1.30 bits per heavy atom. The zero-order valence-corrected chi connectivity index (χ0v) is 13.4. The number of benzene rings is 1. The van der Waals surface area contributed by atoms with E-state index in [1.54, 1.807) is 11.3 Å². The van der Waals surface area contributed by atoms with E-state index in [4.69, 9.17) is 16.6 Å². The first kappa shape index (κ1) is 13.7. The van der Waals surface area contributed by atoms with Crippen LogP contribution in [0.4, 0.5) is 0 Å². The molecule has 0 aliphatic carbocycles. The second-order valence-electron chi connectivity index (χ2n) is 5.24. The summed E-state index contributed by atoms with van der Waals surface area (Å²) in [5.41, 5.74) is 6.10. The van der Waals surface area contributed by atoms with Gasteiger partial charge >= 0.3 is 0 Å². The number of aryl methyl sites for hydroxylation is 2. The fourth-order valence-electron chi connectivity index (χ4n) is 2.44. The van der Waals surface area contributed by atoms with Gasteiger partial charge in [0.2, 0.25) is 0 Å². The van der Waals surface area contributed by atoms with Gasteiger partial charge in [-0.1, -0.05) is 6.07 Å². The van der Waals surface area contributed by atoms with Crippen molar-refractivity contribution in [1.82, 2.24) is 9.55 Å². The van der Waals surface area contributed by atoms with Crippen molar-refractivity contribution >= 4 is 34.0 Å². The highest BCUT2D eigenvalue weighted by Crippen LogP contribution is 2.27. The number of halogens is 1. The van der Waals surface area contributed by atoms with Gasteiger partial charge in [0.25, 0.3) is 0 Å². The van der Waals surface area contributed by atoms with Crippen LogP contribution in [0.5, 0.6) is 0 Å². The molecule has 0 radical (unpaired) electrons. The molecule has 0 spiro atoms. The van der Waals surface area contributed by atoms with Gasteiger partial charge in [0, 0.05) is 0 Å². The van der Waals surface area contributed by atoms with Crippen LogP contribution in [0, 0.1) is 13.8 Å². The second kappa shape index (κ2) is 5.23. The smallest absolute Gasteiger partial charge is 0.128 e. The molecule has 1 aromatic carbocycles. The van der Waals surface area contributed by atoms with Gasteiger partial charge in [0.05, 0.1) is 23.0 Å². The molecule has 2 aromatic heterocycles. The van der Waals surface area contributed by atoms with Crippen molar-refractivity contribution in [3.05, 3.63) is 51.5 Å². The Morgan fingerprint density at radius 2 is 2.10 bits per heavy atom. The summed E-state index contributed by atoms with van der Waals surface area (Å²) in [6.45, 7) is 7.07. The molecule has 0 saturated heterocycles. The van der Waals surface area contributed by atoms with E-state index in [9.17, 15) is 0 Å². The molecule has 1 atom stereocenters. The first-order valence-electron chi connectivity index (χ1n) is 6.69. The Kier molecular flexibility index (Phi) is 3.57. The van der Waals surface area contributed by atoms with Crippen molar-refractivity contribution in [3.63, 3.8) is 0 Å². The Hall–Kier alpha value is -1.32. The molecule has 2 nitrogen and oxygen atoms in total. The summed E-state index contributed by atoms with van der Waals surface area (Å²) in [7, 11) is 0. The predicted octanol–water partition coefficient (Wildman–Crippen LogP) is 5.06. The van der Waals surface area contributed by atoms with Gasteiger partial charge < -0.3 is 4.57 Å². The van der Waals surface area contributed by atoms with Crippen LogP contribution in [0.3, 0.4) is 0 Å². The SMILES string of the molecule is Cc1ccc2nc(C(C)Cl)n(Cc3cscc3C)c2c1. The van der Waals surface area contributed by atoms with Crippen molar-refractivity contribution in [2.24, 2.45) is 0 Å². The predicted molar refractivity (Wildman–Crippen MR) is 86.9 cm³/mol. The van der Waals surface area contributed by atoms with E-state index in [1.807, 2.05) is 6.92 Å². The van der Waals surface area contributed by atoms with Crippen LogP contribution in [0.1, 0.15) is 34.8 Å². The highest BCUT2D eigenvalue weighted by Gasteiger charge is 2.16. The number of aromatic nitrogens is 2. The second-order valence-corrected chi connectivity index (χ2v) is 6.64. The Morgan fingerprint density at radius 3 is 2.75 bits per heavy atom. The number of alkyl halides is 1. The van der Waals surface area contributed by atoms with E-state index >= 15 is 0 Å². The molecule has 20 heavy (non-hydrogen) atoms. The van der Waals surface area contributed by atoms with Crippen LogP contribution in [-0.2, 0) is 6.54 Å². The molecule has 3 rings (SSSR count). The van der Waals surface area contributed by atoms with Crippen LogP contribution in [0.25, 0.3) is 11.0 Å². The average molecular weight is 305 g/mol. The van der Waals surface area contributed by atoms with Gasteiger partial charge in [-0.05, 0) is 60.4 Å². The van der Waals surface area contributed by atoms with Crippen molar-refractivity contribution in [2.75, 3.05) is 0 Å². The maximum atomic E-state index is 6.32. The lowest BCUT2D eigenvalue weighted by molar-refractivity contribution is 0.741. The average Bonchev–Trinajstić information content (AvgIpc) is 2.95. The Bertz CT molecular complexity index is 755. The third-order valence-electron chi connectivity index (χ3n) is 3.58. The van der Waals surface area contributed by atoms with Gasteiger partial charge in [0.1, 0.15) is 5.82 Å². The fraction of sp³-hybridized carbons (Fsp3) is 0.312. The number of fused-ring (bicyclic) bond motifs is 1. The highest BCUT2D eigenvalue weighted by molar-refractivity contribution is 7.08. The van der Waals surface area contributed by atoms with Gasteiger partial charge in [-0.25, -0.2) is 4.98 Å². The minimum absolute atomic E-state index is 0.0957. The summed E-state index contributed by atoms with van der Waals surface area (Å²) in [6.07, 6.45) is 0. The van der Waals surface area contributed by atoms with Crippen molar-refractivity contribution in [1.29, 1.82) is 0 Å². The minimum atomic E-state index is -0.0957. The number of imidazole rings is 1. The molecule has 104 valence electrons. The van der Waals surface area contributed by atoms with Crippen LogP contribution < -0.4 is 0 Å². The van der Waals surface area contributed by atoms with Gasteiger partial charge in [0.15, 0.2) is 0 Å². The summed E-state index contributed by atoms with van der Waals surface area (Å²) in [5, 5.41) is 4.30. The molecule has 0 aliphatic rings. The standard InChI is InChI=1S/C16H17ClN2S/c1-10-4-5-14-15(6-10)19(16(18-14)12(3)17)7-13-9-20-8-11(13)2/h4-6,8-9,12H,7H2,1-3H3. The molecule has 1 unspecified atom stereocenters.